The fraction of sp³-hybridized carbons (Fsp3) is 0.0244. The quantitative estimate of drug-likeness (QED) is 0.165. The van der Waals surface area contributed by atoms with Gasteiger partial charge in [0, 0.05) is 54.2 Å². The Morgan fingerprint density at radius 3 is 2.28 bits per heavy atom. The van der Waals surface area contributed by atoms with E-state index in [9.17, 15) is 0 Å². The van der Waals surface area contributed by atoms with Gasteiger partial charge in [0.15, 0.2) is 0 Å². The zero-order valence-corrected chi connectivity index (χ0v) is 27.2. The molecule has 0 atom stereocenters. The normalized spacial score (nSPS) is 11.4. The van der Waals surface area contributed by atoms with Gasteiger partial charge in [-0.15, -0.1) is 59.7 Å². The molecule has 0 bridgehead atoms. The van der Waals surface area contributed by atoms with Gasteiger partial charge < -0.3 is 18.8 Å². The summed E-state index contributed by atoms with van der Waals surface area (Å²) in [6.45, 7) is 2.06. The summed E-state index contributed by atoms with van der Waals surface area (Å²) >= 11 is 0. The van der Waals surface area contributed by atoms with Crippen LogP contribution in [0.25, 0.3) is 82.5 Å². The molecule has 0 fully saturated rings. The van der Waals surface area contributed by atoms with Crippen LogP contribution in [0.5, 0.6) is 0 Å². The number of pyridine rings is 2. The van der Waals surface area contributed by atoms with Crippen molar-refractivity contribution in [3.8, 4) is 22.5 Å². The van der Waals surface area contributed by atoms with Gasteiger partial charge in [0.2, 0.25) is 0 Å². The maximum atomic E-state index is 6.40. The van der Waals surface area contributed by atoms with Gasteiger partial charge in [-0.05, 0) is 59.0 Å². The molecule has 5 heterocycles. The minimum atomic E-state index is 0. The Kier molecular flexibility index (Phi) is 6.87. The Labute approximate surface area is 278 Å². The van der Waals surface area contributed by atoms with E-state index in [0.717, 1.165) is 61.1 Å². The van der Waals surface area contributed by atoms with Gasteiger partial charge in [0.05, 0.1) is 10.9 Å². The number of aryl methyl sites for hydroxylation is 1. The van der Waals surface area contributed by atoms with Crippen LogP contribution < -0.4 is 0 Å². The van der Waals surface area contributed by atoms with Crippen LogP contribution in [0, 0.1) is 19.1 Å². The molecule has 0 aliphatic carbocycles. The number of para-hydroxylation sites is 2. The second-order valence-electron chi connectivity index (χ2n) is 11.3. The van der Waals surface area contributed by atoms with Crippen molar-refractivity contribution < 1.29 is 24.5 Å². The fourth-order valence-corrected chi connectivity index (χ4v) is 6.53. The van der Waals surface area contributed by atoms with Gasteiger partial charge in [-0.1, -0.05) is 66.0 Å². The summed E-state index contributed by atoms with van der Waals surface area (Å²) in [6, 6.07) is 48.1. The topological polar surface area (TPSA) is 43.3 Å². The largest absolute Gasteiger partial charge is 0.455 e. The fourth-order valence-electron chi connectivity index (χ4n) is 6.53. The van der Waals surface area contributed by atoms with Crippen LogP contribution in [-0.2, 0) is 20.1 Å². The van der Waals surface area contributed by atoms with E-state index >= 15 is 0 Å². The van der Waals surface area contributed by atoms with Crippen molar-refractivity contribution in [2.24, 2.45) is 0 Å². The van der Waals surface area contributed by atoms with Crippen molar-refractivity contribution in [1.29, 1.82) is 0 Å². The molecule has 46 heavy (non-hydrogen) atoms. The number of benzene rings is 5. The first-order chi connectivity index (χ1) is 22.2. The van der Waals surface area contributed by atoms with E-state index in [0.29, 0.717) is 0 Å². The monoisotopic (exact) mass is 768 g/mol. The Morgan fingerprint density at radius 2 is 1.46 bits per heavy atom. The third kappa shape index (κ3) is 4.39. The molecule has 0 saturated carbocycles. The number of rotatable bonds is 2. The van der Waals surface area contributed by atoms with Crippen LogP contribution >= 0.6 is 0 Å². The average molecular weight is 768 g/mol. The van der Waals surface area contributed by atoms with Crippen molar-refractivity contribution in [2.45, 2.75) is 6.92 Å². The van der Waals surface area contributed by atoms with Gasteiger partial charge >= 0.3 is 0 Å². The Morgan fingerprint density at radius 1 is 0.630 bits per heavy atom. The molecule has 4 nitrogen and oxygen atoms in total. The molecule has 10 rings (SSSR count). The van der Waals surface area contributed by atoms with Gasteiger partial charge in [0.25, 0.3) is 0 Å². The summed E-state index contributed by atoms with van der Waals surface area (Å²) in [5.41, 5.74) is 10.6. The standard InChI is InChI=1S/C30H17N2O.C11H8N.Ir/c1-17-9-12-24(31-16-17)18-10-13-25-23(15-18)20-6-4-7-22-28-26(32(25)29(20)22)14-11-21-19-5-2-3-8-27(19)33-30(21)28;1-2-6-10(7-3-1)11-8-4-5-9-12-11;/h2-9,11-16H,1H3;1-6,8-9H;/q2*-1;. The van der Waals surface area contributed by atoms with E-state index in [1.807, 2.05) is 60.8 Å². The van der Waals surface area contributed by atoms with E-state index in [1.165, 1.54) is 27.1 Å². The van der Waals surface area contributed by atoms with Crippen molar-refractivity contribution in [3.05, 3.63) is 151 Å². The van der Waals surface area contributed by atoms with Crippen LogP contribution in [0.1, 0.15) is 5.56 Å². The van der Waals surface area contributed by atoms with E-state index in [1.54, 1.807) is 6.20 Å². The molecule has 0 amide bonds. The Bertz CT molecular complexity index is 2600. The van der Waals surface area contributed by atoms with Gasteiger partial charge in [-0.25, -0.2) is 0 Å². The van der Waals surface area contributed by atoms with Crippen LogP contribution in [0.15, 0.2) is 138 Å². The van der Waals surface area contributed by atoms with E-state index in [4.69, 9.17) is 4.42 Å². The van der Waals surface area contributed by atoms with E-state index in [2.05, 4.69) is 100 Å². The number of fused-ring (bicyclic) bond motifs is 10. The third-order valence-corrected chi connectivity index (χ3v) is 8.59. The molecule has 0 aliphatic rings. The molecule has 5 aromatic carbocycles. The van der Waals surface area contributed by atoms with E-state index < -0.39 is 0 Å². The molecule has 5 aromatic heterocycles. The molecule has 10 aromatic rings. The van der Waals surface area contributed by atoms with Crippen molar-refractivity contribution in [3.63, 3.8) is 0 Å². The number of hydrogen-bond acceptors (Lipinski definition) is 3. The number of aromatic nitrogens is 3. The first-order valence-electron chi connectivity index (χ1n) is 15.0. The molecule has 0 unspecified atom stereocenters. The predicted octanol–water partition coefficient (Wildman–Crippen LogP) is 10.5. The van der Waals surface area contributed by atoms with Crippen LogP contribution in [-0.4, -0.2) is 14.4 Å². The van der Waals surface area contributed by atoms with Crippen molar-refractivity contribution in [1.82, 2.24) is 14.4 Å². The smallest absolute Gasteiger partial charge is 0.145 e. The summed E-state index contributed by atoms with van der Waals surface area (Å²) in [4.78, 5) is 8.83. The Hall–Kier alpha value is -5.35. The zero-order chi connectivity index (χ0) is 29.9. The Balaban J connectivity index is 0.000000204. The summed E-state index contributed by atoms with van der Waals surface area (Å²) < 4.78 is 8.76. The minimum absolute atomic E-state index is 0. The van der Waals surface area contributed by atoms with Crippen LogP contribution in [0.3, 0.4) is 0 Å². The summed E-state index contributed by atoms with van der Waals surface area (Å²) in [6.07, 6.45) is 3.70. The van der Waals surface area contributed by atoms with Gasteiger partial charge in [-0.3, -0.25) is 0 Å². The second kappa shape index (κ2) is 11.2. The molecule has 0 saturated heterocycles. The molecule has 221 valence electrons. The summed E-state index contributed by atoms with van der Waals surface area (Å²) in [7, 11) is 0. The molecule has 0 spiro atoms. The maximum absolute atomic E-state index is 6.40. The van der Waals surface area contributed by atoms with E-state index in [-0.39, 0.29) is 20.1 Å². The average Bonchev–Trinajstić information content (AvgIpc) is 3.76. The number of hydrogen-bond donors (Lipinski definition) is 0. The zero-order valence-electron chi connectivity index (χ0n) is 24.8. The molecular formula is C41H25IrN3O-2. The van der Waals surface area contributed by atoms with Crippen LogP contribution in [0.2, 0.25) is 0 Å². The molecule has 5 heteroatoms. The first-order valence-corrected chi connectivity index (χ1v) is 15.0. The SMILES string of the molecule is Cc1ccc(-c2[c-]cc3c(c2)c2cccc4c5c6oc7ccccc7c6ccc5n3c24)nc1.[Ir].[c-]1ccccc1-c1ccccn1. The summed E-state index contributed by atoms with van der Waals surface area (Å²) in [5, 5.41) is 7.18. The predicted molar refractivity (Wildman–Crippen MR) is 184 cm³/mol. The van der Waals surface area contributed by atoms with Crippen molar-refractivity contribution in [2.75, 3.05) is 0 Å². The third-order valence-electron chi connectivity index (χ3n) is 8.59. The molecule has 0 aliphatic heterocycles. The number of nitrogens with zero attached hydrogens (tertiary/aromatic N) is 3. The maximum Gasteiger partial charge on any atom is 0.145 e. The molecular weight excluding hydrogens is 743 g/mol. The van der Waals surface area contributed by atoms with Crippen molar-refractivity contribution >= 4 is 60.0 Å². The van der Waals surface area contributed by atoms with Gasteiger partial charge in [-0.2, -0.15) is 0 Å². The second-order valence-corrected chi connectivity index (χ2v) is 11.3. The minimum Gasteiger partial charge on any atom is -0.455 e. The molecule has 0 N–H and O–H groups in total. The number of furan rings is 1. The van der Waals surface area contributed by atoms with Gasteiger partial charge in [0.1, 0.15) is 11.2 Å². The molecule has 1 radical (unpaired) electrons. The summed E-state index contributed by atoms with van der Waals surface area (Å²) in [5.74, 6) is 0. The first kappa shape index (κ1) is 28.1. The van der Waals surface area contributed by atoms with Crippen LogP contribution in [0.4, 0.5) is 0 Å².